The maximum atomic E-state index is 10.5. The molecule has 0 aliphatic heterocycles. The molecule has 0 saturated carbocycles. The van der Waals surface area contributed by atoms with Gasteiger partial charge in [-0.3, -0.25) is 4.79 Å². The highest BCUT2D eigenvalue weighted by atomic mass is 35.5. The Labute approximate surface area is 65.0 Å². The molecule has 1 N–H and O–H groups in total. The molecular formula is C6H9ClN2O. The van der Waals surface area contributed by atoms with E-state index in [1.165, 1.54) is 0 Å². The van der Waals surface area contributed by atoms with E-state index in [9.17, 15) is 4.79 Å². The average molecular weight is 161 g/mol. The second-order valence-corrected chi connectivity index (χ2v) is 2.24. The largest absolute Gasteiger partial charge is 0.354 e. The molecule has 3 nitrogen and oxygen atoms in total. The quantitative estimate of drug-likeness (QED) is 0.612. The minimum atomic E-state index is -0.233. The van der Waals surface area contributed by atoms with Crippen LogP contribution in [0.25, 0.3) is 0 Å². The van der Waals surface area contributed by atoms with Gasteiger partial charge in [0.1, 0.15) is 5.88 Å². The summed E-state index contributed by atoms with van der Waals surface area (Å²) in [6.07, 6.45) is 0. The first-order valence-electron chi connectivity index (χ1n) is 2.93. The molecule has 0 radical (unpaired) electrons. The van der Waals surface area contributed by atoms with Crippen molar-refractivity contribution in [1.29, 1.82) is 5.26 Å². The van der Waals surface area contributed by atoms with Crippen LogP contribution in [0.15, 0.2) is 0 Å². The zero-order chi connectivity index (χ0) is 7.98. The molecule has 4 heteroatoms. The Morgan fingerprint density at radius 2 is 2.50 bits per heavy atom. The second-order valence-electron chi connectivity index (χ2n) is 1.97. The Morgan fingerprint density at radius 3 is 2.90 bits per heavy atom. The van der Waals surface area contributed by atoms with Crippen LogP contribution < -0.4 is 5.32 Å². The Balaban J connectivity index is 3.37. The number of amides is 1. The van der Waals surface area contributed by atoms with E-state index in [4.69, 9.17) is 16.9 Å². The molecular weight excluding hydrogens is 152 g/mol. The molecule has 0 aromatic rings. The molecule has 10 heavy (non-hydrogen) atoms. The fourth-order valence-electron chi connectivity index (χ4n) is 0.360. The van der Waals surface area contributed by atoms with E-state index >= 15 is 0 Å². The Kier molecular flexibility index (Phi) is 4.69. The smallest absolute Gasteiger partial charge is 0.234 e. The predicted molar refractivity (Wildman–Crippen MR) is 38.5 cm³/mol. The SMILES string of the molecule is CC(C#N)CNC(=O)CCl. The van der Waals surface area contributed by atoms with Gasteiger partial charge in [-0.2, -0.15) is 5.26 Å². The van der Waals surface area contributed by atoms with E-state index < -0.39 is 0 Å². The van der Waals surface area contributed by atoms with Crippen molar-refractivity contribution in [1.82, 2.24) is 5.32 Å². The van der Waals surface area contributed by atoms with Gasteiger partial charge in [0.25, 0.3) is 0 Å². The molecule has 1 atom stereocenters. The third kappa shape index (κ3) is 4.16. The van der Waals surface area contributed by atoms with Crippen molar-refractivity contribution in [2.24, 2.45) is 5.92 Å². The number of nitriles is 1. The van der Waals surface area contributed by atoms with E-state index in [-0.39, 0.29) is 17.7 Å². The number of carbonyl (C=O) groups excluding carboxylic acids is 1. The lowest BCUT2D eigenvalue weighted by molar-refractivity contribution is -0.118. The van der Waals surface area contributed by atoms with Crippen molar-refractivity contribution in [2.45, 2.75) is 6.92 Å². The van der Waals surface area contributed by atoms with Crippen LogP contribution in [-0.2, 0) is 4.79 Å². The van der Waals surface area contributed by atoms with Gasteiger partial charge in [0.05, 0.1) is 12.0 Å². The van der Waals surface area contributed by atoms with Crippen molar-refractivity contribution in [3.05, 3.63) is 0 Å². The van der Waals surface area contributed by atoms with Crippen molar-refractivity contribution in [3.63, 3.8) is 0 Å². The molecule has 0 spiro atoms. The van der Waals surface area contributed by atoms with Gasteiger partial charge >= 0.3 is 0 Å². The van der Waals surface area contributed by atoms with Crippen molar-refractivity contribution >= 4 is 17.5 Å². The Morgan fingerprint density at radius 1 is 1.90 bits per heavy atom. The molecule has 0 aliphatic rings. The summed E-state index contributed by atoms with van der Waals surface area (Å²) in [4.78, 5) is 10.5. The maximum absolute atomic E-state index is 10.5. The lowest BCUT2D eigenvalue weighted by Gasteiger charge is -2.02. The zero-order valence-corrected chi connectivity index (χ0v) is 6.48. The number of carbonyl (C=O) groups is 1. The molecule has 56 valence electrons. The van der Waals surface area contributed by atoms with Gasteiger partial charge in [-0.15, -0.1) is 11.6 Å². The van der Waals surface area contributed by atoms with E-state index in [0.717, 1.165) is 0 Å². The van der Waals surface area contributed by atoms with E-state index in [2.05, 4.69) is 5.32 Å². The lowest BCUT2D eigenvalue weighted by atomic mass is 10.2. The van der Waals surface area contributed by atoms with E-state index in [0.29, 0.717) is 6.54 Å². The summed E-state index contributed by atoms with van der Waals surface area (Å²) in [6, 6.07) is 1.99. The monoisotopic (exact) mass is 160 g/mol. The first kappa shape index (κ1) is 9.25. The lowest BCUT2D eigenvalue weighted by Crippen LogP contribution is -2.28. The first-order valence-corrected chi connectivity index (χ1v) is 3.46. The number of halogens is 1. The highest BCUT2D eigenvalue weighted by Gasteiger charge is 2.01. The zero-order valence-electron chi connectivity index (χ0n) is 5.72. The summed E-state index contributed by atoms with van der Waals surface area (Å²) >= 11 is 5.18. The fourth-order valence-corrected chi connectivity index (χ4v) is 0.454. The second kappa shape index (κ2) is 5.07. The molecule has 0 saturated heterocycles. The van der Waals surface area contributed by atoms with Crippen molar-refractivity contribution in [2.75, 3.05) is 12.4 Å². The number of rotatable bonds is 3. The number of hydrogen-bond donors (Lipinski definition) is 1. The topological polar surface area (TPSA) is 52.9 Å². The van der Waals surface area contributed by atoms with E-state index in [1.54, 1.807) is 6.92 Å². The van der Waals surface area contributed by atoms with Crippen molar-refractivity contribution < 1.29 is 4.79 Å². The van der Waals surface area contributed by atoms with Crippen LogP contribution in [0.1, 0.15) is 6.92 Å². The van der Waals surface area contributed by atoms with Gasteiger partial charge in [0.2, 0.25) is 5.91 Å². The highest BCUT2D eigenvalue weighted by molar-refractivity contribution is 6.27. The van der Waals surface area contributed by atoms with E-state index in [1.807, 2.05) is 6.07 Å². The van der Waals surface area contributed by atoms with Crippen LogP contribution in [0.2, 0.25) is 0 Å². The molecule has 0 aromatic carbocycles. The van der Waals surface area contributed by atoms with Gasteiger partial charge in [0, 0.05) is 6.54 Å². The summed E-state index contributed by atoms with van der Waals surface area (Å²) < 4.78 is 0. The van der Waals surface area contributed by atoms with Crippen LogP contribution in [0, 0.1) is 17.2 Å². The third-order valence-electron chi connectivity index (χ3n) is 0.947. The van der Waals surface area contributed by atoms with Crippen LogP contribution in [0.4, 0.5) is 0 Å². The van der Waals surface area contributed by atoms with Gasteiger partial charge in [-0.05, 0) is 6.92 Å². The molecule has 0 heterocycles. The number of alkyl halides is 1. The summed E-state index contributed by atoms with van der Waals surface area (Å²) in [5, 5.41) is 10.8. The summed E-state index contributed by atoms with van der Waals surface area (Å²) in [6.45, 7) is 2.11. The van der Waals surface area contributed by atoms with Crippen LogP contribution in [0.5, 0.6) is 0 Å². The number of hydrogen-bond acceptors (Lipinski definition) is 2. The molecule has 0 rings (SSSR count). The number of nitrogens with zero attached hydrogens (tertiary/aromatic N) is 1. The minimum absolute atomic E-state index is 0.0435. The molecule has 0 aliphatic carbocycles. The molecule has 1 amide bonds. The maximum Gasteiger partial charge on any atom is 0.234 e. The third-order valence-corrected chi connectivity index (χ3v) is 1.19. The Hall–Kier alpha value is -0.750. The summed E-state index contributed by atoms with van der Waals surface area (Å²) in [5.74, 6) is -0.422. The first-order chi connectivity index (χ1) is 4.70. The van der Waals surface area contributed by atoms with Gasteiger partial charge < -0.3 is 5.32 Å². The van der Waals surface area contributed by atoms with Gasteiger partial charge in [-0.1, -0.05) is 0 Å². The molecule has 0 bridgehead atoms. The summed E-state index contributed by atoms with van der Waals surface area (Å²) in [7, 11) is 0. The van der Waals surface area contributed by atoms with Gasteiger partial charge in [-0.25, -0.2) is 0 Å². The van der Waals surface area contributed by atoms with Crippen molar-refractivity contribution in [3.8, 4) is 6.07 Å². The molecule has 0 aromatic heterocycles. The molecule has 0 fully saturated rings. The predicted octanol–water partition coefficient (Wildman–Crippen LogP) is 0.501. The molecule has 1 unspecified atom stereocenters. The normalized spacial score (nSPS) is 11.7. The summed E-state index contributed by atoms with van der Waals surface area (Å²) in [5.41, 5.74) is 0. The number of nitrogens with one attached hydrogen (secondary N) is 1. The minimum Gasteiger partial charge on any atom is -0.354 e. The Bertz CT molecular complexity index is 152. The van der Waals surface area contributed by atoms with Gasteiger partial charge in [0.15, 0.2) is 0 Å². The highest BCUT2D eigenvalue weighted by Crippen LogP contribution is 1.87. The van der Waals surface area contributed by atoms with Crippen LogP contribution >= 0.6 is 11.6 Å². The fraction of sp³-hybridized carbons (Fsp3) is 0.667. The van der Waals surface area contributed by atoms with Crippen LogP contribution in [-0.4, -0.2) is 18.3 Å². The average Bonchev–Trinajstić information content (AvgIpc) is 1.99. The standard InChI is InChI=1S/C6H9ClN2O/c1-5(3-8)4-9-6(10)2-7/h5H,2,4H2,1H3,(H,9,10). The van der Waals surface area contributed by atoms with Crippen LogP contribution in [0.3, 0.4) is 0 Å².